The molecule has 0 spiro atoms. The predicted molar refractivity (Wildman–Crippen MR) is 69.6 cm³/mol. The highest BCUT2D eigenvalue weighted by Gasteiger charge is 2.20. The summed E-state index contributed by atoms with van der Waals surface area (Å²) in [6.07, 6.45) is 3.72. The zero-order valence-corrected chi connectivity index (χ0v) is 11.3. The van der Waals surface area contributed by atoms with Gasteiger partial charge in [-0.15, -0.1) is 0 Å². The predicted octanol–water partition coefficient (Wildman–Crippen LogP) is 2.72. The number of nitrogens with one attached hydrogen (secondary N) is 1. The van der Waals surface area contributed by atoms with E-state index in [-0.39, 0.29) is 0 Å². The number of rotatable bonds is 2. The van der Waals surface area contributed by atoms with Crippen molar-refractivity contribution in [3.63, 3.8) is 0 Å². The first-order valence-corrected chi connectivity index (χ1v) is 6.91. The Morgan fingerprint density at radius 1 is 1.35 bits per heavy atom. The van der Waals surface area contributed by atoms with Gasteiger partial charge in [-0.1, -0.05) is 0 Å². The summed E-state index contributed by atoms with van der Waals surface area (Å²) >= 11 is 3.54. The first kappa shape index (κ1) is 11.4. The van der Waals surface area contributed by atoms with E-state index < -0.39 is 0 Å². The van der Waals surface area contributed by atoms with Crippen LogP contribution in [-0.4, -0.2) is 19.9 Å². The van der Waals surface area contributed by atoms with E-state index >= 15 is 0 Å². The van der Waals surface area contributed by atoms with Gasteiger partial charge in [0.25, 0.3) is 0 Å². The van der Waals surface area contributed by atoms with Crippen LogP contribution in [0, 0.1) is 5.92 Å². The molecule has 0 amide bonds. The lowest BCUT2D eigenvalue weighted by Gasteiger charge is -2.22. The Kier molecular flexibility index (Phi) is 3.25. The van der Waals surface area contributed by atoms with Crippen LogP contribution in [0.5, 0.6) is 11.5 Å². The van der Waals surface area contributed by atoms with Gasteiger partial charge in [0.2, 0.25) is 6.79 Å². The molecule has 2 aliphatic rings. The first-order chi connectivity index (χ1) is 8.33. The summed E-state index contributed by atoms with van der Waals surface area (Å²) in [5, 5.41) is 3.45. The van der Waals surface area contributed by atoms with E-state index in [2.05, 4.69) is 33.4 Å². The molecule has 1 aromatic carbocycles. The Morgan fingerprint density at radius 2 is 2.29 bits per heavy atom. The molecule has 3 rings (SSSR count). The number of hydrogen-bond acceptors (Lipinski definition) is 3. The highest BCUT2D eigenvalue weighted by Crippen LogP contribution is 2.40. The van der Waals surface area contributed by atoms with Gasteiger partial charge < -0.3 is 14.8 Å². The quantitative estimate of drug-likeness (QED) is 0.910. The van der Waals surface area contributed by atoms with Crippen molar-refractivity contribution in [2.75, 3.05) is 19.9 Å². The van der Waals surface area contributed by atoms with Gasteiger partial charge in [-0.05, 0) is 71.9 Å². The molecular formula is C13H16BrNO2. The van der Waals surface area contributed by atoms with Crippen molar-refractivity contribution in [1.82, 2.24) is 5.32 Å². The van der Waals surface area contributed by atoms with Crippen molar-refractivity contribution in [3.8, 4) is 11.5 Å². The fourth-order valence-electron chi connectivity index (χ4n) is 2.57. The van der Waals surface area contributed by atoms with Crippen molar-refractivity contribution >= 4 is 15.9 Å². The average Bonchev–Trinajstić information content (AvgIpc) is 2.79. The van der Waals surface area contributed by atoms with E-state index in [0.29, 0.717) is 6.79 Å². The zero-order valence-electron chi connectivity index (χ0n) is 9.67. The second-order valence-electron chi connectivity index (χ2n) is 4.73. The molecule has 0 bridgehead atoms. The van der Waals surface area contributed by atoms with Crippen molar-refractivity contribution < 1.29 is 9.47 Å². The van der Waals surface area contributed by atoms with E-state index in [1.807, 2.05) is 0 Å². The molecule has 2 aliphatic heterocycles. The summed E-state index contributed by atoms with van der Waals surface area (Å²) in [4.78, 5) is 0. The highest BCUT2D eigenvalue weighted by atomic mass is 79.9. The maximum atomic E-state index is 5.44. The summed E-state index contributed by atoms with van der Waals surface area (Å²) < 4.78 is 11.8. The Morgan fingerprint density at radius 3 is 3.12 bits per heavy atom. The number of benzene rings is 1. The van der Waals surface area contributed by atoms with E-state index in [1.54, 1.807) is 0 Å². The second-order valence-corrected chi connectivity index (χ2v) is 5.58. The smallest absolute Gasteiger partial charge is 0.231 e. The highest BCUT2D eigenvalue weighted by molar-refractivity contribution is 9.10. The van der Waals surface area contributed by atoms with Gasteiger partial charge >= 0.3 is 0 Å². The third-order valence-corrected chi connectivity index (χ3v) is 4.00. The Bertz CT molecular complexity index is 416. The fourth-order valence-corrected chi connectivity index (χ4v) is 3.17. The van der Waals surface area contributed by atoms with Gasteiger partial charge in [0.05, 0.1) is 4.47 Å². The van der Waals surface area contributed by atoms with Gasteiger partial charge in [0.1, 0.15) is 0 Å². The van der Waals surface area contributed by atoms with Gasteiger partial charge in [-0.25, -0.2) is 0 Å². The summed E-state index contributed by atoms with van der Waals surface area (Å²) in [6, 6.07) is 4.27. The summed E-state index contributed by atoms with van der Waals surface area (Å²) in [7, 11) is 0. The standard InChI is InChI=1S/C13H16BrNO2/c14-11-5-10(4-9-2-1-3-15-7-9)6-12-13(11)17-8-16-12/h5-6,9,15H,1-4,7-8H2. The molecule has 1 unspecified atom stereocenters. The van der Waals surface area contributed by atoms with Crippen LogP contribution < -0.4 is 14.8 Å². The van der Waals surface area contributed by atoms with Crippen LogP contribution in [0.2, 0.25) is 0 Å². The molecule has 0 radical (unpaired) electrons. The molecule has 17 heavy (non-hydrogen) atoms. The van der Waals surface area contributed by atoms with Crippen LogP contribution in [0.25, 0.3) is 0 Å². The molecule has 1 saturated heterocycles. The Balaban J connectivity index is 1.76. The Labute approximate surface area is 110 Å². The van der Waals surface area contributed by atoms with Crippen molar-refractivity contribution in [2.45, 2.75) is 19.3 Å². The second kappa shape index (κ2) is 4.86. The molecule has 0 saturated carbocycles. The van der Waals surface area contributed by atoms with E-state index in [0.717, 1.165) is 34.9 Å². The third kappa shape index (κ3) is 2.43. The summed E-state index contributed by atoms with van der Waals surface area (Å²) in [5.74, 6) is 2.46. The summed E-state index contributed by atoms with van der Waals surface area (Å²) in [6.45, 7) is 2.63. The van der Waals surface area contributed by atoms with Gasteiger partial charge in [-0.2, -0.15) is 0 Å². The minimum Gasteiger partial charge on any atom is -0.454 e. The number of piperidine rings is 1. The minimum atomic E-state index is 0.336. The Hall–Kier alpha value is -0.740. The number of ether oxygens (including phenoxy) is 2. The van der Waals surface area contributed by atoms with Crippen molar-refractivity contribution in [1.29, 1.82) is 0 Å². The zero-order chi connectivity index (χ0) is 11.7. The maximum absolute atomic E-state index is 5.44. The minimum absolute atomic E-state index is 0.336. The van der Waals surface area contributed by atoms with Crippen LogP contribution in [-0.2, 0) is 6.42 Å². The molecule has 3 nitrogen and oxygen atoms in total. The van der Waals surface area contributed by atoms with Crippen LogP contribution in [0.1, 0.15) is 18.4 Å². The lowest BCUT2D eigenvalue weighted by molar-refractivity contribution is 0.173. The number of hydrogen-bond donors (Lipinski definition) is 1. The largest absolute Gasteiger partial charge is 0.454 e. The lowest BCUT2D eigenvalue weighted by Crippen LogP contribution is -2.30. The molecule has 1 fully saturated rings. The molecule has 1 N–H and O–H groups in total. The van der Waals surface area contributed by atoms with Crippen molar-refractivity contribution in [2.24, 2.45) is 5.92 Å². The third-order valence-electron chi connectivity index (χ3n) is 3.41. The molecule has 2 heterocycles. The normalized spacial score (nSPS) is 22.8. The first-order valence-electron chi connectivity index (χ1n) is 6.11. The van der Waals surface area contributed by atoms with Crippen LogP contribution in [0.3, 0.4) is 0 Å². The molecule has 0 aromatic heterocycles. The van der Waals surface area contributed by atoms with Crippen LogP contribution in [0.15, 0.2) is 16.6 Å². The molecule has 92 valence electrons. The maximum Gasteiger partial charge on any atom is 0.231 e. The van der Waals surface area contributed by atoms with Crippen LogP contribution >= 0.6 is 15.9 Å². The number of fused-ring (bicyclic) bond motifs is 1. The topological polar surface area (TPSA) is 30.5 Å². The molecule has 0 aliphatic carbocycles. The van der Waals surface area contributed by atoms with Crippen molar-refractivity contribution in [3.05, 3.63) is 22.2 Å². The molecule has 1 aromatic rings. The molecular weight excluding hydrogens is 282 g/mol. The molecule has 4 heteroatoms. The average molecular weight is 298 g/mol. The SMILES string of the molecule is Brc1cc(CC2CCCNC2)cc2c1OCO2. The van der Waals surface area contributed by atoms with E-state index in [9.17, 15) is 0 Å². The lowest BCUT2D eigenvalue weighted by atomic mass is 9.92. The van der Waals surface area contributed by atoms with Gasteiger partial charge in [0, 0.05) is 0 Å². The number of halogens is 1. The van der Waals surface area contributed by atoms with E-state index in [1.165, 1.54) is 24.9 Å². The van der Waals surface area contributed by atoms with Crippen LogP contribution in [0.4, 0.5) is 0 Å². The summed E-state index contributed by atoms with van der Waals surface area (Å²) in [5.41, 5.74) is 1.33. The van der Waals surface area contributed by atoms with E-state index in [4.69, 9.17) is 9.47 Å². The fraction of sp³-hybridized carbons (Fsp3) is 0.538. The van der Waals surface area contributed by atoms with Gasteiger partial charge in [-0.3, -0.25) is 0 Å². The molecule has 1 atom stereocenters. The monoisotopic (exact) mass is 297 g/mol. The van der Waals surface area contributed by atoms with Gasteiger partial charge in [0.15, 0.2) is 11.5 Å².